The third kappa shape index (κ3) is 3.18. The second kappa shape index (κ2) is 5.40. The Labute approximate surface area is 84.3 Å². The van der Waals surface area contributed by atoms with E-state index in [1.165, 1.54) is 11.1 Å². The number of nitrogens with one attached hydrogen (secondary N) is 1. The highest BCUT2D eigenvalue weighted by Crippen LogP contribution is 2.06. The van der Waals surface area contributed by atoms with Crippen LogP contribution in [0, 0.1) is 0 Å². The van der Waals surface area contributed by atoms with Gasteiger partial charge in [-0.1, -0.05) is 31.2 Å². The Hall–Kier alpha value is -1.35. The van der Waals surface area contributed by atoms with E-state index in [2.05, 4.69) is 36.6 Å². The summed E-state index contributed by atoms with van der Waals surface area (Å²) in [5.74, 6) is 4.86. The molecule has 3 N–H and O–H groups in total. The molecule has 0 heterocycles. The van der Waals surface area contributed by atoms with Crippen LogP contribution in [0.5, 0.6) is 0 Å². The minimum absolute atomic E-state index is 0.121. The van der Waals surface area contributed by atoms with Crippen molar-refractivity contribution in [2.75, 3.05) is 0 Å². The van der Waals surface area contributed by atoms with Gasteiger partial charge in [-0.05, 0) is 24.0 Å². The molecule has 14 heavy (non-hydrogen) atoms. The molecule has 0 unspecified atom stereocenters. The summed E-state index contributed by atoms with van der Waals surface area (Å²) in [4.78, 5) is 10.9. The molecule has 76 valence electrons. The molecular weight excluding hydrogens is 176 g/mol. The molecule has 1 aromatic carbocycles. The molecule has 0 saturated heterocycles. The molecule has 0 aliphatic heterocycles. The van der Waals surface area contributed by atoms with Crippen LogP contribution in [0.3, 0.4) is 0 Å². The molecule has 1 rings (SSSR count). The molecule has 0 radical (unpaired) electrons. The molecule has 0 bridgehead atoms. The summed E-state index contributed by atoms with van der Waals surface area (Å²) in [6.45, 7) is 2.12. The zero-order chi connectivity index (χ0) is 10.4. The van der Waals surface area contributed by atoms with Crippen molar-refractivity contribution in [3.05, 3.63) is 35.4 Å². The van der Waals surface area contributed by atoms with Crippen LogP contribution in [0.25, 0.3) is 0 Å². The van der Waals surface area contributed by atoms with Gasteiger partial charge in [0.15, 0.2) is 0 Å². The van der Waals surface area contributed by atoms with Crippen LogP contribution >= 0.6 is 0 Å². The van der Waals surface area contributed by atoms with Gasteiger partial charge >= 0.3 is 0 Å². The number of hydrogen-bond acceptors (Lipinski definition) is 2. The topological polar surface area (TPSA) is 55.1 Å². The van der Waals surface area contributed by atoms with Crippen LogP contribution < -0.4 is 11.3 Å². The number of hydrazine groups is 1. The third-order valence-electron chi connectivity index (χ3n) is 2.23. The molecule has 1 amide bonds. The van der Waals surface area contributed by atoms with Crippen molar-refractivity contribution in [3.63, 3.8) is 0 Å². The minimum atomic E-state index is -0.121. The summed E-state index contributed by atoms with van der Waals surface area (Å²) in [6, 6.07) is 8.30. The third-order valence-corrected chi connectivity index (χ3v) is 2.23. The molecule has 0 atom stereocenters. The van der Waals surface area contributed by atoms with Crippen molar-refractivity contribution in [1.29, 1.82) is 0 Å². The van der Waals surface area contributed by atoms with Gasteiger partial charge in [0.1, 0.15) is 0 Å². The highest BCUT2D eigenvalue weighted by atomic mass is 16.2. The smallest absolute Gasteiger partial charge is 0.234 e. The van der Waals surface area contributed by atoms with Gasteiger partial charge in [-0.15, -0.1) is 0 Å². The second-order valence-corrected chi connectivity index (χ2v) is 3.24. The monoisotopic (exact) mass is 192 g/mol. The van der Waals surface area contributed by atoms with Crippen molar-refractivity contribution >= 4 is 5.91 Å². The number of benzene rings is 1. The Bertz CT molecular complexity index is 293. The van der Waals surface area contributed by atoms with Gasteiger partial charge in [-0.2, -0.15) is 0 Å². The average molecular weight is 192 g/mol. The van der Waals surface area contributed by atoms with E-state index in [4.69, 9.17) is 5.84 Å². The first-order valence-corrected chi connectivity index (χ1v) is 4.83. The zero-order valence-corrected chi connectivity index (χ0v) is 8.42. The summed E-state index contributed by atoms with van der Waals surface area (Å²) in [6.07, 6.45) is 2.23. The van der Waals surface area contributed by atoms with E-state index >= 15 is 0 Å². The van der Waals surface area contributed by atoms with Crippen LogP contribution in [0.15, 0.2) is 24.3 Å². The van der Waals surface area contributed by atoms with Crippen molar-refractivity contribution < 1.29 is 4.79 Å². The molecule has 0 saturated carbocycles. The number of carbonyl (C=O) groups excluding carboxylic acids is 1. The largest absolute Gasteiger partial charge is 0.294 e. The Morgan fingerprint density at radius 1 is 1.29 bits per heavy atom. The van der Waals surface area contributed by atoms with Gasteiger partial charge in [0.2, 0.25) is 5.91 Å². The fourth-order valence-electron chi connectivity index (χ4n) is 1.27. The summed E-state index contributed by atoms with van der Waals surface area (Å²) in [5, 5.41) is 0. The van der Waals surface area contributed by atoms with E-state index in [0.29, 0.717) is 6.42 Å². The van der Waals surface area contributed by atoms with E-state index in [0.717, 1.165) is 12.8 Å². The zero-order valence-electron chi connectivity index (χ0n) is 8.42. The molecule has 3 nitrogen and oxygen atoms in total. The van der Waals surface area contributed by atoms with E-state index in [1.54, 1.807) is 0 Å². The highest BCUT2D eigenvalue weighted by molar-refractivity contribution is 5.75. The van der Waals surface area contributed by atoms with Gasteiger partial charge in [0, 0.05) is 6.42 Å². The van der Waals surface area contributed by atoms with Crippen LogP contribution in [0.2, 0.25) is 0 Å². The lowest BCUT2D eigenvalue weighted by Gasteiger charge is -2.02. The van der Waals surface area contributed by atoms with E-state index in [1.807, 2.05) is 0 Å². The van der Waals surface area contributed by atoms with Crippen molar-refractivity contribution in [2.24, 2.45) is 5.84 Å². The molecule has 0 fully saturated rings. The van der Waals surface area contributed by atoms with E-state index < -0.39 is 0 Å². The van der Waals surface area contributed by atoms with Gasteiger partial charge in [-0.3, -0.25) is 10.2 Å². The molecule has 0 aliphatic rings. The summed E-state index contributed by atoms with van der Waals surface area (Å²) >= 11 is 0. The lowest BCUT2D eigenvalue weighted by molar-refractivity contribution is -0.121. The second-order valence-electron chi connectivity index (χ2n) is 3.24. The number of amides is 1. The standard InChI is InChI=1S/C11H16N2O/c1-2-9-3-5-10(6-4-9)7-8-11(14)13-12/h3-6H,2,7-8,12H2,1H3,(H,13,14). The van der Waals surface area contributed by atoms with Crippen LogP contribution in [-0.2, 0) is 17.6 Å². The SMILES string of the molecule is CCc1ccc(CCC(=O)NN)cc1. The Morgan fingerprint density at radius 2 is 1.86 bits per heavy atom. The average Bonchev–Trinajstić information content (AvgIpc) is 2.26. The maximum Gasteiger partial charge on any atom is 0.234 e. The first-order chi connectivity index (χ1) is 6.76. The molecule has 0 aliphatic carbocycles. The number of hydrogen-bond donors (Lipinski definition) is 2. The summed E-state index contributed by atoms with van der Waals surface area (Å²) in [7, 11) is 0. The minimum Gasteiger partial charge on any atom is -0.294 e. The van der Waals surface area contributed by atoms with E-state index in [9.17, 15) is 4.79 Å². The van der Waals surface area contributed by atoms with Crippen molar-refractivity contribution in [1.82, 2.24) is 5.43 Å². The maximum atomic E-state index is 10.9. The van der Waals surface area contributed by atoms with Gasteiger partial charge in [-0.25, -0.2) is 5.84 Å². The van der Waals surface area contributed by atoms with Crippen LogP contribution in [0.4, 0.5) is 0 Å². The number of rotatable bonds is 4. The fourth-order valence-corrected chi connectivity index (χ4v) is 1.27. The number of carbonyl (C=O) groups is 1. The number of nitrogens with two attached hydrogens (primary N) is 1. The van der Waals surface area contributed by atoms with Gasteiger partial charge in [0.25, 0.3) is 0 Å². The van der Waals surface area contributed by atoms with Crippen molar-refractivity contribution in [2.45, 2.75) is 26.2 Å². The van der Waals surface area contributed by atoms with Crippen LogP contribution in [0.1, 0.15) is 24.5 Å². The predicted molar refractivity (Wildman–Crippen MR) is 56.5 cm³/mol. The lowest BCUT2D eigenvalue weighted by Crippen LogP contribution is -2.30. The quantitative estimate of drug-likeness (QED) is 0.427. The Kier molecular flexibility index (Phi) is 4.13. The number of aryl methyl sites for hydroxylation is 2. The van der Waals surface area contributed by atoms with Crippen LogP contribution in [-0.4, -0.2) is 5.91 Å². The molecule has 1 aromatic rings. The van der Waals surface area contributed by atoms with E-state index in [-0.39, 0.29) is 5.91 Å². The first-order valence-electron chi connectivity index (χ1n) is 4.83. The first kappa shape index (κ1) is 10.7. The maximum absolute atomic E-state index is 10.9. The van der Waals surface area contributed by atoms with Crippen molar-refractivity contribution in [3.8, 4) is 0 Å². The van der Waals surface area contributed by atoms with Gasteiger partial charge < -0.3 is 0 Å². The lowest BCUT2D eigenvalue weighted by atomic mass is 10.1. The summed E-state index contributed by atoms with van der Waals surface area (Å²) < 4.78 is 0. The molecular formula is C11H16N2O. The highest BCUT2D eigenvalue weighted by Gasteiger charge is 1.99. The Balaban J connectivity index is 2.47. The molecule has 0 spiro atoms. The van der Waals surface area contributed by atoms with Gasteiger partial charge in [0.05, 0.1) is 0 Å². The Morgan fingerprint density at radius 3 is 2.36 bits per heavy atom. The summed E-state index contributed by atoms with van der Waals surface area (Å²) in [5.41, 5.74) is 4.61. The fraction of sp³-hybridized carbons (Fsp3) is 0.364. The molecule has 3 heteroatoms. The molecule has 0 aromatic heterocycles. The predicted octanol–water partition coefficient (Wildman–Crippen LogP) is 1.17. The normalized spacial score (nSPS) is 9.86.